The Hall–Kier alpha value is -0.870. The number of rotatable bonds is 6. The van der Waals surface area contributed by atoms with Gasteiger partial charge >= 0.3 is 0 Å². The van der Waals surface area contributed by atoms with Crippen molar-refractivity contribution in [2.75, 3.05) is 19.6 Å². The lowest BCUT2D eigenvalue weighted by atomic mass is 9.82. The summed E-state index contributed by atoms with van der Waals surface area (Å²) in [6.45, 7) is 12.0. The van der Waals surface area contributed by atoms with E-state index >= 15 is 0 Å². The zero-order valence-corrected chi connectivity index (χ0v) is 13.5. The first-order chi connectivity index (χ1) is 9.56. The van der Waals surface area contributed by atoms with Crippen LogP contribution in [0.25, 0.3) is 0 Å². The van der Waals surface area contributed by atoms with E-state index in [1.807, 2.05) is 12.5 Å². The molecular formula is C16H30N4. The average Bonchev–Trinajstić information content (AvgIpc) is 3.07. The molecule has 2 N–H and O–H groups in total. The molecular weight excluding hydrogens is 248 g/mol. The molecule has 4 heteroatoms. The fourth-order valence-electron chi connectivity index (χ4n) is 3.52. The van der Waals surface area contributed by atoms with Gasteiger partial charge in [-0.25, -0.2) is 4.98 Å². The maximum atomic E-state index is 6.10. The lowest BCUT2D eigenvalue weighted by Crippen LogP contribution is -2.35. The van der Waals surface area contributed by atoms with E-state index in [1.54, 1.807) is 0 Å². The van der Waals surface area contributed by atoms with Crippen LogP contribution in [0.3, 0.4) is 0 Å². The second-order valence-electron chi connectivity index (χ2n) is 6.50. The number of nitrogens with zero attached hydrogens (tertiary/aromatic N) is 3. The van der Waals surface area contributed by atoms with Crippen LogP contribution in [0.5, 0.6) is 0 Å². The van der Waals surface area contributed by atoms with Crippen molar-refractivity contribution in [1.82, 2.24) is 14.5 Å². The molecule has 1 unspecified atom stereocenters. The Kier molecular flexibility index (Phi) is 4.86. The third kappa shape index (κ3) is 2.77. The standard InChI is InChI=1S/C16H30N4/c1-5-16(6-2)7-8-19(11-16)14(9-17)15-10-18-12-20(15)13(3)4/h10,12-14H,5-9,11,17H2,1-4H3. The van der Waals surface area contributed by atoms with Gasteiger partial charge < -0.3 is 10.3 Å². The van der Waals surface area contributed by atoms with Crippen LogP contribution in [0.15, 0.2) is 12.5 Å². The van der Waals surface area contributed by atoms with Crippen LogP contribution < -0.4 is 5.73 Å². The lowest BCUT2D eigenvalue weighted by Gasteiger charge is -2.31. The van der Waals surface area contributed by atoms with E-state index < -0.39 is 0 Å². The summed E-state index contributed by atoms with van der Waals surface area (Å²) in [6.07, 6.45) is 7.76. The summed E-state index contributed by atoms with van der Waals surface area (Å²) in [5.41, 5.74) is 7.87. The molecule has 0 aliphatic carbocycles. The maximum absolute atomic E-state index is 6.10. The van der Waals surface area contributed by atoms with Crippen LogP contribution in [0, 0.1) is 5.41 Å². The van der Waals surface area contributed by atoms with Crippen LogP contribution in [0.2, 0.25) is 0 Å². The first-order valence-electron chi connectivity index (χ1n) is 8.02. The van der Waals surface area contributed by atoms with Gasteiger partial charge in [0.15, 0.2) is 0 Å². The van der Waals surface area contributed by atoms with Gasteiger partial charge in [0, 0.05) is 25.3 Å². The van der Waals surface area contributed by atoms with Gasteiger partial charge in [0.2, 0.25) is 0 Å². The zero-order valence-electron chi connectivity index (χ0n) is 13.5. The molecule has 0 aromatic carbocycles. The molecule has 2 heterocycles. The predicted molar refractivity (Wildman–Crippen MR) is 83.6 cm³/mol. The summed E-state index contributed by atoms with van der Waals surface area (Å²) in [4.78, 5) is 6.91. The zero-order chi connectivity index (χ0) is 14.8. The summed E-state index contributed by atoms with van der Waals surface area (Å²) >= 11 is 0. The van der Waals surface area contributed by atoms with E-state index in [2.05, 4.69) is 42.1 Å². The van der Waals surface area contributed by atoms with E-state index in [0.717, 1.165) is 6.54 Å². The van der Waals surface area contributed by atoms with Crippen LogP contribution in [0.1, 0.15) is 64.7 Å². The fourth-order valence-corrected chi connectivity index (χ4v) is 3.52. The highest BCUT2D eigenvalue weighted by molar-refractivity contribution is 5.09. The topological polar surface area (TPSA) is 47.1 Å². The Morgan fingerprint density at radius 3 is 2.55 bits per heavy atom. The molecule has 0 bridgehead atoms. The molecule has 1 aliphatic heterocycles. The largest absolute Gasteiger partial charge is 0.331 e. The van der Waals surface area contributed by atoms with Crippen molar-refractivity contribution >= 4 is 0 Å². The van der Waals surface area contributed by atoms with Crippen molar-refractivity contribution in [2.45, 2.75) is 59.0 Å². The highest BCUT2D eigenvalue weighted by Crippen LogP contribution is 2.40. The fraction of sp³-hybridized carbons (Fsp3) is 0.812. The number of hydrogen-bond acceptors (Lipinski definition) is 3. The molecule has 1 atom stereocenters. The van der Waals surface area contributed by atoms with Crippen molar-refractivity contribution < 1.29 is 0 Å². The lowest BCUT2D eigenvalue weighted by molar-refractivity contribution is 0.191. The molecule has 114 valence electrons. The summed E-state index contributed by atoms with van der Waals surface area (Å²) in [5.74, 6) is 0. The van der Waals surface area contributed by atoms with Gasteiger partial charge in [0.05, 0.1) is 18.1 Å². The molecule has 1 aromatic rings. The van der Waals surface area contributed by atoms with Gasteiger partial charge in [0.1, 0.15) is 0 Å². The van der Waals surface area contributed by atoms with Crippen LogP contribution in [-0.4, -0.2) is 34.1 Å². The van der Waals surface area contributed by atoms with Crippen LogP contribution in [-0.2, 0) is 0 Å². The number of aromatic nitrogens is 2. The summed E-state index contributed by atoms with van der Waals surface area (Å²) < 4.78 is 2.26. The quantitative estimate of drug-likeness (QED) is 0.870. The summed E-state index contributed by atoms with van der Waals surface area (Å²) in [7, 11) is 0. The summed E-state index contributed by atoms with van der Waals surface area (Å²) in [6, 6.07) is 0.742. The van der Waals surface area contributed by atoms with Crippen molar-refractivity contribution in [3.63, 3.8) is 0 Å². The smallest absolute Gasteiger partial charge is 0.0951 e. The van der Waals surface area contributed by atoms with Gasteiger partial charge in [-0.3, -0.25) is 4.90 Å². The van der Waals surface area contributed by atoms with Gasteiger partial charge in [-0.1, -0.05) is 13.8 Å². The van der Waals surface area contributed by atoms with E-state index in [0.29, 0.717) is 24.0 Å². The van der Waals surface area contributed by atoms with E-state index in [-0.39, 0.29) is 0 Å². The molecule has 1 aliphatic rings. The third-order valence-electron chi connectivity index (χ3n) is 5.23. The van der Waals surface area contributed by atoms with Gasteiger partial charge in [-0.15, -0.1) is 0 Å². The minimum Gasteiger partial charge on any atom is -0.331 e. The minimum absolute atomic E-state index is 0.305. The molecule has 1 aromatic heterocycles. The molecule has 1 fully saturated rings. The van der Waals surface area contributed by atoms with Gasteiger partial charge in [-0.05, 0) is 45.1 Å². The number of nitrogens with two attached hydrogens (primary N) is 1. The first-order valence-corrected chi connectivity index (χ1v) is 8.02. The van der Waals surface area contributed by atoms with Gasteiger partial charge in [-0.2, -0.15) is 0 Å². The van der Waals surface area contributed by atoms with Crippen molar-refractivity contribution in [2.24, 2.45) is 11.1 Å². The Labute approximate surface area is 123 Å². The van der Waals surface area contributed by atoms with Crippen molar-refractivity contribution in [3.8, 4) is 0 Å². The molecule has 20 heavy (non-hydrogen) atoms. The molecule has 1 saturated heterocycles. The second-order valence-corrected chi connectivity index (χ2v) is 6.50. The molecule has 0 saturated carbocycles. The molecule has 4 nitrogen and oxygen atoms in total. The molecule has 0 spiro atoms. The Morgan fingerprint density at radius 1 is 1.35 bits per heavy atom. The third-order valence-corrected chi connectivity index (χ3v) is 5.23. The van der Waals surface area contributed by atoms with Crippen molar-refractivity contribution in [3.05, 3.63) is 18.2 Å². The highest BCUT2D eigenvalue weighted by Gasteiger charge is 2.38. The Bertz CT molecular complexity index is 420. The average molecular weight is 278 g/mol. The van der Waals surface area contributed by atoms with Crippen LogP contribution in [0.4, 0.5) is 0 Å². The predicted octanol–water partition coefficient (Wildman–Crippen LogP) is 2.98. The minimum atomic E-state index is 0.305. The SMILES string of the molecule is CCC1(CC)CCN(C(CN)c2cncn2C(C)C)C1. The first kappa shape index (κ1) is 15.5. The Morgan fingerprint density at radius 2 is 2.05 bits per heavy atom. The van der Waals surface area contributed by atoms with Gasteiger partial charge in [0.25, 0.3) is 0 Å². The molecule has 0 amide bonds. The van der Waals surface area contributed by atoms with E-state index in [9.17, 15) is 0 Å². The normalized spacial score (nSPS) is 20.7. The Balaban J connectivity index is 2.19. The molecule has 0 radical (unpaired) electrons. The number of hydrogen-bond donors (Lipinski definition) is 1. The number of imidazole rings is 1. The summed E-state index contributed by atoms with van der Waals surface area (Å²) in [5, 5.41) is 0. The van der Waals surface area contributed by atoms with E-state index in [4.69, 9.17) is 5.73 Å². The van der Waals surface area contributed by atoms with Crippen LogP contribution >= 0.6 is 0 Å². The van der Waals surface area contributed by atoms with E-state index in [1.165, 1.54) is 31.5 Å². The second kappa shape index (κ2) is 6.27. The van der Waals surface area contributed by atoms with Crippen molar-refractivity contribution in [1.29, 1.82) is 0 Å². The monoisotopic (exact) mass is 278 g/mol. The highest BCUT2D eigenvalue weighted by atomic mass is 15.2. The maximum Gasteiger partial charge on any atom is 0.0951 e. The molecule has 2 rings (SSSR count). The number of likely N-dealkylation sites (tertiary alicyclic amines) is 1.